The third-order valence-corrected chi connectivity index (χ3v) is 2.03. The van der Waals surface area contributed by atoms with Gasteiger partial charge in [0.25, 0.3) is 0 Å². The van der Waals surface area contributed by atoms with E-state index in [0.717, 1.165) is 18.9 Å². The zero-order valence-corrected chi connectivity index (χ0v) is 12.1. The van der Waals surface area contributed by atoms with Gasteiger partial charge in [-0.1, -0.05) is 13.3 Å². The van der Waals surface area contributed by atoms with Crippen molar-refractivity contribution in [3.05, 3.63) is 12.2 Å². The van der Waals surface area contributed by atoms with Gasteiger partial charge in [-0.25, -0.2) is 14.5 Å². The van der Waals surface area contributed by atoms with E-state index in [1.165, 1.54) is 13.8 Å². The summed E-state index contributed by atoms with van der Waals surface area (Å²) in [5.41, 5.74) is -0.491. The number of esters is 1. The summed E-state index contributed by atoms with van der Waals surface area (Å²) >= 11 is 0. The molecule has 0 aliphatic heterocycles. The molecule has 0 aliphatic rings. The van der Waals surface area contributed by atoms with Gasteiger partial charge in [0.05, 0.1) is 5.60 Å². The first-order valence-corrected chi connectivity index (χ1v) is 6.09. The third kappa shape index (κ3) is 9.21. The summed E-state index contributed by atoms with van der Waals surface area (Å²) in [6.07, 6.45) is 3.22. The van der Waals surface area contributed by atoms with Crippen molar-refractivity contribution in [2.75, 3.05) is 0 Å². The van der Waals surface area contributed by atoms with Gasteiger partial charge >= 0.3 is 11.9 Å². The molecule has 0 heterocycles. The minimum atomic E-state index is -1.30. The van der Waals surface area contributed by atoms with E-state index in [9.17, 15) is 9.59 Å². The van der Waals surface area contributed by atoms with Crippen LogP contribution in [-0.2, 0) is 24.1 Å². The van der Waals surface area contributed by atoms with Crippen molar-refractivity contribution in [3.63, 3.8) is 0 Å². The predicted octanol–water partition coefficient (Wildman–Crippen LogP) is 2.43. The zero-order valence-electron chi connectivity index (χ0n) is 12.1. The van der Waals surface area contributed by atoms with Crippen molar-refractivity contribution >= 4 is 11.9 Å². The minimum absolute atomic E-state index is 0.491. The van der Waals surface area contributed by atoms with Crippen LogP contribution in [0.15, 0.2) is 12.2 Å². The quantitative estimate of drug-likeness (QED) is 0.241. The van der Waals surface area contributed by atoms with Crippen LogP contribution < -0.4 is 0 Å². The number of carboxylic acid groups (broad SMARTS) is 1. The van der Waals surface area contributed by atoms with Crippen molar-refractivity contribution in [1.82, 2.24) is 0 Å². The van der Waals surface area contributed by atoms with Gasteiger partial charge in [0.15, 0.2) is 0 Å². The number of carbonyl (C=O) groups excluding carboxylic acids is 1. The fourth-order valence-electron chi connectivity index (χ4n) is 1.29. The Morgan fingerprint density at radius 3 is 2.16 bits per heavy atom. The maximum Gasteiger partial charge on any atom is 0.333 e. The van der Waals surface area contributed by atoms with E-state index in [4.69, 9.17) is 19.6 Å². The van der Waals surface area contributed by atoms with Crippen LogP contribution in [0.5, 0.6) is 0 Å². The molecule has 0 fully saturated rings. The molecule has 19 heavy (non-hydrogen) atoms. The number of ether oxygens (including phenoxy) is 1. The molecule has 0 saturated carbocycles. The normalized spacial score (nSPS) is 12.7. The van der Waals surface area contributed by atoms with Gasteiger partial charge in [0.1, 0.15) is 0 Å². The van der Waals surface area contributed by atoms with Crippen LogP contribution in [0.25, 0.3) is 0 Å². The lowest BCUT2D eigenvalue weighted by Crippen LogP contribution is -2.35. The standard InChI is InChI=1S/C13H22O6/c1-6-9-12(2,3)18-19-13(4,5)17-11(16)8-7-10(14)15/h7-8H,6,9H2,1-5H3,(H,14,15)/b8-7+. The second-order valence-electron chi connectivity index (χ2n) is 5.17. The number of hydrogen-bond donors (Lipinski definition) is 1. The molecule has 1 N–H and O–H groups in total. The van der Waals surface area contributed by atoms with E-state index in [0.29, 0.717) is 6.08 Å². The second kappa shape index (κ2) is 7.25. The maximum atomic E-state index is 11.3. The molecule has 0 aromatic rings. The summed E-state index contributed by atoms with van der Waals surface area (Å²) in [5.74, 6) is -3.34. The first-order valence-electron chi connectivity index (χ1n) is 6.09. The number of carboxylic acids is 1. The number of hydrogen-bond acceptors (Lipinski definition) is 5. The van der Waals surface area contributed by atoms with E-state index in [1.807, 2.05) is 20.8 Å². The monoisotopic (exact) mass is 274 g/mol. The minimum Gasteiger partial charge on any atom is -0.478 e. The zero-order chi connectivity index (χ0) is 15.1. The average molecular weight is 274 g/mol. The summed E-state index contributed by atoms with van der Waals surface area (Å²) < 4.78 is 4.93. The van der Waals surface area contributed by atoms with Crippen LogP contribution in [0.1, 0.15) is 47.5 Å². The summed E-state index contributed by atoms with van der Waals surface area (Å²) in [6.45, 7) is 8.74. The van der Waals surface area contributed by atoms with E-state index >= 15 is 0 Å². The van der Waals surface area contributed by atoms with E-state index < -0.39 is 23.3 Å². The molecule has 0 amide bonds. The fraction of sp³-hybridized carbons (Fsp3) is 0.692. The Morgan fingerprint density at radius 1 is 1.11 bits per heavy atom. The fourth-order valence-corrected chi connectivity index (χ4v) is 1.29. The second-order valence-corrected chi connectivity index (χ2v) is 5.17. The molecular formula is C13H22O6. The van der Waals surface area contributed by atoms with Crippen LogP contribution in [-0.4, -0.2) is 28.4 Å². The topological polar surface area (TPSA) is 82.1 Å². The van der Waals surface area contributed by atoms with E-state index in [1.54, 1.807) is 0 Å². The van der Waals surface area contributed by atoms with Crippen LogP contribution >= 0.6 is 0 Å². The third-order valence-electron chi connectivity index (χ3n) is 2.03. The highest BCUT2D eigenvalue weighted by molar-refractivity contribution is 5.90. The predicted molar refractivity (Wildman–Crippen MR) is 68.1 cm³/mol. The molecular weight excluding hydrogens is 252 g/mol. The highest BCUT2D eigenvalue weighted by Gasteiger charge is 2.28. The van der Waals surface area contributed by atoms with Gasteiger partial charge in [-0.05, 0) is 20.3 Å². The van der Waals surface area contributed by atoms with Crippen LogP contribution in [0.2, 0.25) is 0 Å². The first kappa shape index (κ1) is 17.6. The van der Waals surface area contributed by atoms with Gasteiger partial charge in [-0.15, -0.1) is 0 Å². The molecule has 0 spiro atoms. The van der Waals surface area contributed by atoms with Crippen molar-refractivity contribution in [2.45, 2.75) is 58.8 Å². The van der Waals surface area contributed by atoms with Crippen LogP contribution in [0.3, 0.4) is 0 Å². The van der Waals surface area contributed by atoms with E-state index in [2.05, 4.69) is 0 Å². The van der Waals surface area contributed by atoms with Gasteiger partial charge < -0.3 is 9.84 Å². The SMILES string of the molecule is CCCC(C)(C)OOC(C)(C)OC(=O)/C=C/C(=O)O. The van der Waals surface area contributed by atoms with Gasteiger partial charge in [-0.2, -0.15) is 4.89 Å². The van der Waals surface area contributed by atoms with Gasteiger partial charge in [0.2, 0.25) is 5.79 Å². The molecule has 0 atom stereocenters. The Bertz CT molecular complexity index is 343. The smallest absolute Gasteiger partial charge is 0.333 e. The van der Waals surface area contributed by atoms with Crippen molar-refractivity contribution in [2.24, 2.45) is 0 Å². The number of rotatable bonds is 8. The molecule has 0 bridgehead atoms. The highest BCUT2D eigenvalue weighted by Crippen LogP contribution is 2.21. The summed E-state index contributed by atoms with van der Waals surface area (Å²) in [6, 6.07) is 0. The lowest BCUT2D eigenvalue weighted by Gasteiger charge is -2.29. The van der Waals surface area contributed by atoms with Gasteiger partial charge in [-0.3, -0.25) is 0 Å². The molecule has 0 rings (SSSR count). The van der Waals surface area contributed by atoms with Crippen LogP contribution in [0.4, 0.5) is 0 Å². The average Bonchev–Trinajstić information content (AvgIpc) is 2.23. The Morgan fingerprint density at radius 2 is 1.68 bits per heavy atom. The summed E-state index contributed by atoms with van der Waals surface area (Å²) in [5, 5.41) is 8.38. The number of aliphatic carboxylic acids is 1. The van der Waals surface area contributed by atoms with Crippen molar-refractivity contribution in [3.8, 4) is 0 Å². The first-order chi connectivity index (χ1) is 8.58. The lowest BCUT2D eigenvalue weighted by atomic mass is 10.0. The summed E-state index contributed by atoms with van der Waals surface area (Å²) in [7, 11) is 0. The number of carbonyl (C=O) groups is 2. The molecule has 0 radical (unpaired) electrons. The van der Waals surface area contributed by atoms with Gasteiger partial charge in [0, 0.05) is 26.0 Å². The highest BCUT2D eigenvalue weighted by atomic mass is 17.2. The Balaban J connectivity index is 4.32. The molecule has 0 aliphatic carbocycles. The molecule has 0 saturated heterocycles. The molecule has 110 valence electrons. The molecule has 6 heteroatoms. The molecule has 6 nitrogen and oxygen atoms in total. The summed E-state index contributed by atoms with van der Waals surface area (Å²) in [4.78, 5) is 31.9. The molecule has 0 aromatic heterocycles. The maximum absolute atomic E-state index is 11.3. The van der Waals surface area contributed by atoms with Crippen molar-refractivity contribution < 1.29 is 29.2 Å². The Kier molecular flexibility index (Phi) is 6.72. The Hall–Kier alpha value is -1.40. The lowest BCUT2D eigenvalue weighted by molar-refractivity contribution is -0.444. The largest absolute Gasteiger partial charge is 0.478 e. The van der Waals surface area contributed by atoms with E-state index in [-0.39, 0.29) is 0 Å². The Labute approximate surface area is 113 Å². The molecule has 0 unspecified atom stereocenters. The van der Waals surface area contributed by atoms with Crippen LogP contribution in [0, 0.1) is 0 Å². The van der Waals surface area contributed by atoms with Crippen molar-refractivity contribution in [1.29, 1.82) is 0 Å². The molecule has 0 aromatic carbocycles.